The fraction of sp³-hybridized carbons (Fsp3) is 0.182. The number of fused-ring (bicyclic) bond motifs is 3. The Morgan fingerprint density at radius 2 is 1.89 bits per heavy atom. The van der Waals surface area contributed by atoms with Crippen molar-refractivity contribution in [3.05, 3.63) is 74.9 Å². The van der Waals surface area contributed by atoms with Gasteiger partial charge in [-0.25, -0.2) is 0 Å². The van der Waals surface area contributed by atoms with Crippen LogP contribution >= 0.6 is 11.3 Å². The Morgan fingerprint density at radius 3 is 2.67 bits per heavy atom. The van der Waals surface area contributed by atoms with Gasteiger partial charge in [0.15, 0.2) is 0 Å². The van der Waals surface area contributed by atoms with Gasteiger partial charge in [-0.3, -0.25) is 9.59 Å². The molecular formula is C22H20N2O2S. The first-order valence-corrected chi connectivity index (χ1v) is 9.73. The van der Waals surface area contributed by atoms with Crippen LogP contribution in [0.25, 0.3) is 21.0 Å². The van der Waals surface area contributed by atoms with E-state index in [4.69, 9.17) is 0 Å². The summed E-state index contributed by atoms with van der Waals surface area (Å²) in [7, 11) is 1.79. The number of anilines is 1. The van der Waals surface area contributed by atoms with Gasteiger partial charge in [0, 0.05) is 28.3 Å². The van der Waals surface area contributed by atoms with Gasteiger partial charge in [-0.1, -0.05) is 36.8 Å². The molecular weight excluding hydrogens is 356 g/mol. The van der Waals surface area contributed by atoms with Crippen molar-refractivity contribution >= 4 is 43.9 Å². The Morgan fingerprint density at radius 1 is 1.11 bits per heavy atom. The number of hydrogen-bond donors (Lipinski definition) is 1. The number of pyridine rings is 1. The summed E-state index contributed by atoms with van der Waals surface area (Å²) >= 11 is 1.38. The molecule has 0 aliphatic carbocycles. The van der Waals surface area contributed by atoms with E-state index >= 15 is 0 Å². The average molecular weight is 376 g/mol. The van der Waals surface area contributed by atoms with Crippen molar-refractivity contribution in [2.45, 2.75) is 20.3 Å². The van der Waals surface area contributed by atoms with Gasteiger partial charge in [-0.2, -0.15) is 0 Å². The summed E-state index contributed by atoms with van der Waals surface area (Å²) in [6.45, 7) is 4.09. The third-order valence-corrected chi connectivity index (χ3v) is 6.05. The summed E-state index contributed by atoms with van der Waals surface area (Å²) in [4.78, 5) is 30.8. The number of amides is 1. The molecule has 4 aromatic rings. The van der Waals surface area contributed by atoms with Gasteiger partial charge in [0.2, 0.25) is 0 Å². The predicted octanol–water partition coefficient (Wildman–Crippen LogP) is 4.89. The van der Waals surface area contributed by atoms with Gasteiger partial charge in [-0.05, 0) is 43.2 Å². The van der Waals surface area contributed by atoms with Gasteiger partial charge in [-0.15, -0.1) is 11.3 Å². The van der Waals surface area contributed by atoms with Crippen LogP contribution in [0.1, 0.15) is 27.7 Å². The second-order valence-electron chi connectivity index (χ2n) is 6.70. The molecule has 4 nitrogen and oxygen atoms in total. The average Bonchev–Trinajstić information content (AvgIpc) is 3.14. The van der Waals surface area contributed by atoms with E-state index < -0.39 is 0 Å². The first kappa shape index (κ1) is 17.5. The topological polar surface area (TPSA) is 53.2 Å². The molecule has 0 radical (unpaired) electrons. The molecule has 0 aliphatic rings. The highest BCUT2D eigenvalue weighted by atomic mass is 32.1. The molecule has 0 atom stereocenters. The van der Waals surface area contributed by atoms with E-state index in [1.54, 1.807) is 18.0 Å². The number of benzene rings is 2. The van der Waals surface area contributed by atoms with Gasteiger partial charge < -0.3 is 9.88 Å². The number of para-hydroxylation sites is 1. The van der Waals surface area contributed by atoms with Gasteiger partial charge in [0.1, 0.15) is 0 Å². The number of hydrogen-bond acceptors (Lipinski definition) is 3. The quantitative estimate of drug-likeness (QED) is 0.553. The highest BCUT2D eigenvalue weighted by Crippen LogP contribution is 2.32. The summed E-state index contributed by atoms with van der Waals surface area (Å²) < 4.78 is 0.859. The Balaban J connectivity index is 1.85. The summed E-state index contributed by atoms with van der Waals surface area (Å²) in [6, 6.07) is 15.6. The maximum Gasteiger partial charge on any atom is 0.268 e. The van der Waals surface area contributed by atoms with Crippen LogP contribution in [-0.4, -0.2) is 17.9 Å². The smallest absolute Gasteiger partial charge is 0.268 e. The second-order valence-corrected chi connectivity index (χ2v) is 7.76. The molecule has 0 saturated carbocycles. The number of thiophene rings is 1. The first-order chi connectivity index (χ1) is 13.0. The summed E-state index contributed by atoms with van der Waals surface area (Å²) in [5, 5.41) is 1.55. The lowest BCUT2D eigenvalue weighted by molar-refractivity contribution is 0.0996. The van der Waals surface area contributed by atoms with Crippen LogP contribution in [0.3, 0.4) is 0 Å². The number of nitrogens with one attached hydrogen (secondary N) is 1. The number of aromatic amines is 1. The van der Waals surface area contributed by atoms with E-state index in [0.29, 0.717) is 10.3 Å². The Bertz CT molecular complexity index is 1240. The molecule has 0 bridgehead atoms. The molecule has 2 aromatic carbocycles. The Hall–Kier alpha value is -2.92. The Kier molecular flexibility index (Phi) is 4.32. The van der Waals surface area contributed by atoms with Gasteiger partial charge in [0.05, 0.1) is 10.3 Å². The molecule has 1 amide bonds. The molecule has 27 heavy (non-hydrogen) atoms. The van der Waals surface area contributed by atoms with E-state index in [9.17, 15) is 9.59 Å². The number of carbonyl (C=O) groups is 1. The van der Waals surface area contributed by atoms with E-state index in [2.05, 4.69) is 18.0 Å². The highest BCUT2D eigenvalue weighted by molar-refractivity contribution is 7.21. The first-order valence-electron chi connectivity index (χ1n) is 8.91. The molecule has 2 aromatic heterocycles. The fourth-order valence-corrected chi connectivity index (χ4v) is 4.58. The predicted molar refractivity (Wildman–Crippen MR) is 113 cm³/mol. The minimum atomic E-state index is -0.159. The van der Waals surface area contributed by atoms with Gasteiger partial charge in [0.25, 0.3) is 11.5 Å². The van der Waals surface area contributed by atoms with Crippen LogP contribution < -0.4 is 10.5 Å². The number of nitrogens with zero attached hydrogens (tertiary/aromatic N) is 1. The van der Waals surface area contributed by atoms with Crippen LogP contribution in [-0.2, 0) is 6.42 Å². The van der Waals surface area contributed by atoms with Crippen molar-refractivity contribution in [2.75, 3.05) is 11.9 Å². The number of H-pyrrole nitrogens is 1. The van der Waals surface area contributed by atoms with Crippen LogP contribution in [0.5, 0.6) is 0 Å². The van der Waals surface area contributed by atoms with E-state index in [-0.39, 0.29) is 11.5 Å². The number of rotatable bonds is 3. The standard InChI is InChI=1S/C22H20N2O2S/c1-4-14-7-5-6-8-18(14)24(3)22(26)19-12-16-20(27-19)15-11-13(2)9-10-17(15)23-21(16)25/h5-12H,4H2,1-3H3,(H,23,25). The maximum atomic E-state index is 13.1. The summed E-state index contributed by atoms with van der Waals surface area (Å²) in [6.07, 6.45) is 0.851. The third-order valence-electron chi connectivity index (χ3n) is 4.89. The number of aryl methyl sites for hydroxylation is 2. The summed E-state index contributed by atoms with van der Waals surface area (Å²) in [5.41, 5.74) is 3.77. The lowest BCUT2D eigenvalue weighted by Crippen LogP contribution is -2.26. The molecule has 4 rings (SSSR count). The molecule has 0 fully saturated rings. The van der Waals surface area contributed by atoms with Crippen molar-refractivity contribution in [3.8, 4) is 0 Å². The lowest BCUT2D eigenvalue weighted by atomic mass is 10.1. The zero-order valence-electron chi connectivity index (χ0n) is 15.5. The molecule has 1 N–H and O–H groups in total. The molecule has 0 spiro atoms. The van der Waals surface area contributed by atoms with Crippen molar-refractivity contribution < 1.29 is 4.79 Å². The molecule has 0 saturated heterocycles. The molecule has 0 unspecified atom stereocenters. The number of carbonyl (C=O) groups excluding carboxylic acids is 1. The third kappa shape index (κ3) is 2.94. The normalized spacial score (nSPS) is 11.2. The van der Waals surface area contributed by atoms with Crippen molar-refractivity contribution in [3.63, 3.8) is 0 Å². The van der Waals surface area contributed by atoms with Crippen LogP contribution in [0.15, 0.2) is 53.3 Å². The minimum absolute atomic E-state index is 0.0997. The van der Waals surface area contributed by atoms with E-state index in [1.165, 1.54) is 11.3 Å². The van der Waals surface area contributed by atoms with E-state index in [0.717, 1.165) is 38.8 Å². The zero-order valence-corrected chi connectivity index (χ0v) is 16.3. The lowest BCUT2D eigenvalue weighted by Gasteiger charge is -2.19. The van der Waals surface area contributed by atoms with Crippen LogP contribution in [0.4, 0.5) is 5.69 Å². The molecule has 136 valence electrons. The van der Waals surface area contributed by atoms with Crippen LogP contribution in [0, 0.1) is 6.92 Å². The van der Waals surface area contributed by atoms with E-state index in [1.807, 2.05) is 43.3 Å². The van der Waals surface area contributed by atoms with Crippen LogP contribution in [0.2, 0.25) is 0 Å². The highest BCUT2D eigenvalue weighted by Gasteiger charge is 2.20. The second kappa shape index (κ2) is 6.67. The SMILES string of the molecule is CCc1ccccc1N(C)C(=O)c1cc2c(=O)[nH]c3ccc(C)cc3c2s1. The number of aromatic nitrogens is 1. The van der Waals surface area contributed by atoms with Crippen molar-refractivity contribution in [1.82, 2.24) is 4.98 Å². The Labute approximate surface area is 161 Å². The fourth-order valence-electron chi connectivity index (χ4n) is 3.42. The maximum absolute atomic E-state index is 13.1. The summed E-state index contributed by atoms with van der Waals surface area (Å²) in [5.74, 6) is -0.0997. The largest absolute Gasteiger partial charge is 0.321 e. The zero-order chi connectivity index (χ0) is 19.1. The van der Waals surface area contributed by atoms with Crippen molar-refractivity contribution in [1.29, 1.82) is 0 Å². The monoisotopic (exact) mass is 376 g/mol. The molecule has 5 heteroatoms. The molecule has 0 aliphatic heterocycles. The van der Waals surface area contributed by atoms with Crippen molar-refractivity contribution in [2.24, 2.45) is 0 Å². The van der Waals surface area contributed by atoms with Gasteiger partial charge >= 0.3 is 0 Å². The molecule has 2 heterocycles. The minimum Gasteiger partial charge on any atom is -0.321 e.